The number of hydrogen-bond acceptors (Lipinski definition) is 7. The zero-order chi connectivity index (χ0) is 26.8. The van der Waals surface area contributed by atoms with Crippen LogP contribution in [0.2, 0.25) is 0 Å². The van der Waals surface area contributed by atoms with Crippen molar-refractivity contribution >= 4 is 5.69 Å². The van der Waals surface area contributed by atoms with Gasteiger partial charge in [-0.2, -0.15) is 13.2 Å². The molecule has 38 heavy (non-hydrogen) atoms. The molecule has 5 rings (SSSR count). The molecule has 2 aliphatic rings. The molecule has 0 spiro atoms. The van der Waals surface area contributed by atoms with Gasteiger partial charge in [-0.25, -0.2) is 4.68 Å². The van der Waals surface area contributed by atoms with E-state index in [2.05, 4.69) is 38.9 Å². The van der Waals surface area contributed by atoms with Crippen molar-refractivity contribution in [3.8, 4) is 11.3 Å². The average molecular weight is 531 g/mol. The van der Waals surface area contributed by atoms with E-state index in [9.17, 15) is 13.2 Å². The molecule has 4 heterocycles. The van der Waals surface area contributed by atoms with Gasteiger partial charge in [0.2, 0.25) is 0 Å². The molecule has 8 nitrogen and oxygen atoms in total. The van der Waals surface area contributed by atoms with E-state index in [1.807, 2.05) is 24.3 Å². The summed E-state index contributed by atoms with van der Waals surface area (Å²) in [4.78, 5) is 8.83. The molecular formula is C27H33F3N6O2. The van der Waals surface area contributed by atoms with Crippen LogP contribution in [0.3, 0.4) is 0 Å². The van der Waals surface area contributed by atoms with Gasteiger partial charge >= 0.3 is 6.18 Å². The summed E-state index contributed by atoms with van der Waals surface area (Å²) < 4.78 is 53.7. The summed E-state index contributed by atoms with van der Waals surface area (Å²) in [6.07, 6.45) is -2.41. The number of halogens is 3. The van der Waals surface area contributed by atoms with Crippen molar-refractivity contribution < 1.29 is 22.6 Å². The lowest BCUT2D eigenvalue weighted by Gasteiger charge is -2.36. The van der Waals surface area contributed by atoms with Crippen LogP contribution in [-0.2, 0) is 29.0 Å². The van der Waals surface area contributed by atoms with Crippen LogP contribution in [0.4, 0.5) is 18.9 Å². The van der Waals surface area contributed by atoms with Crippen molar-refractivity contribution in [1.82, 2.24) is 24.9 Å². The molecule has 2 aromatic heterocycles. The Morgan fingerprint density at radius 1 is 1.03 bits per heavy atom. The van der Waals surface area contributed by atoms with E-state index in [4.69, 9.17) is 9.47 Å². The highest BCUT2D eigenvalue weighted by molar-refractivity contribution is 5.67. The van der Waals surface area contributed by atoms with Crippen molar-refractivity contribution in [2.45, 2.75) is 45.8 Å². The number of pyridine rings is 1. The fourth-order valence-electron chi connectivity index (χ4n) is 4.77. The lowest BCUT2D eigenvalue weighted by atomic mass is 9.96. The van der Waals surface area contributed by atoms with Crippen molar-refractivity contribution in [3.05, 3.63) is 60.0 Å². The standard InChI is InChI=1S/C27H33F3N6O2/c1-26(2)18-37-25(38-19-26)17-36-16-24(32-33-36)23-7-6-22(13-20(23)14-27(28,29)30)35-11-9-34(10-12-35)15-21-5-3-4-8-31-21/h3-8,13,16,25H,9-12,14-15,17-19H2,1-2H3. The third-order valence-electron chi connectivity index (χ3n) is 6.80. The lowest BCUT2D eigenvalue weighted by molar-refractivity contribution is -0.227. The second-order valence-electron chi connectivity index (χ2n) is 10.8. The molecule has 0 N–H and O–H groups in total. The number of alkyl halides is 3. The molecule has 1 aromatic carbocycles. The molecule has 0 atom stereocenters. The van der Waals surface area contributed by atoms with E-state index in [1.54, 1.807) is 29.2 Å². The molecular weight excluding hydrogens is 497 g/mol. The minimum Gasteiger partial charge on any atom is -0.369 e. The number of piperazine rings is 1. The molecule has 3 aromatic rings. The molecule has 0 radical (unpaired) electrons. The molecule has 0 saturated carbocycles. The number of rotatable bonds is 7. The van der Waals surface area contributed by atoms with Crippen LogP contribution < -0.4 is 4.90 Å². The Morgan fingerprint density at radius 3 is 2.47 bits per heavy atom. The third-order valence-corrected chi connectivity index (χ3v) is 6.80. The van der Waals surface area contributed by atoms with Crippen molar-refractivity contribution in [3.63, 3.8) is 0 Å². The number of benzene rings is 1. The van der Waals surface area contributed by atoms with E-state index in [0.29, 0.717) is 31.0 Å². The highest BCUT2D eigenvalue weighted by Gasteiger charge is 2.31. The SMILES string of the molecule is CC1(C)COC(Cn2cc(-c3ccc(N4CCN(Cc5ccccn5)CC4)cc3CC(F)(F)F)nn2)OC1. The Balaban J connectivity index is 1.28. The third kappa shape index (κ3) is 6.89. The average Bonchev–Trinajstić information content (AvgIpc) is 3.34. The first-order valence-electron chi connectivity index (χ1n) is 12.8. The lowest BCUT2D eigenvalue weighted by Crippen LogP contribution is -2.46. The fraction of sp³-hybridized carbons (Fsp3) is 0.519. The van der Waals surface area contributed by atoms with Crippen LogP contribution in [0, 0.1) is 5.41 Å². The number of nitrogens with zero attached hydrogens (tertiary/aromatic N) is 6. The monoisotopic (exact) mass is 530 g/mol. The van der Waals surface area contributed by atoms with Crippen LogP contribution >= 0.6 is 0 Å². The fourth-order valence-corrected chi connectivity index (χ4v) is 4.77. The molecule has 0 amide bonds. The summed E-state index contributed by atoms with van der Waals surface area (Å²) in [6, 6.07) is 11.1. The van der Waals surface area contributed by atoms with Crippen LogP contribution in [0.1, 0.15) is 25.1 Å². The Morgan fingerprint density at radius 2 is 1.79 bits per heavy atom. The Hall–Kier alpha value is -3.02. The van der Waals surface area contributed by atoms with Gasteiger partial charge in [0.15, 0.2) is 6.29 Å². The summed E-state index contributed by atoms with van der Waals surface area (Å²) in [5, 5.41) is 8.29. The van der Waals surface area contributed by atoms with Gasteiger partial charge in [-0.1, -0.05) is 31.2 Å². The van der Waals surface area contributed by atoms with Crippen LogP contribution in [0.5, 0.6) is 0 Å². The van der Waals surface area contributed by atoms with E-state index < -0.39 is 18.9 Å². The largest absolute Gasteiger partial charge is 0.393 e. The number of ether oxygens (including phenoxy) is 2. The predicted octanol–water partition coefficient (Wildman–Crippen LogP) is 4.17. The Bertz CT molecular complexity index is 1200. The molecule has 0 unspecified atom stereocenters. The normalized spacial score (nSPS) is 19.1. The quantitative estimate of drug-likeness (QED) is 0.454. The molecule has 2 fully saturated rings. The van der Waals surface area contributed by atoms with Crippen molar-refractivity contribution in [2.75, 3.05) is 44.3 Å². The summed E-state index contributed by atoms with van der Waals surface area (Å²) in [6.45, 7) is 9.40. The van der Waals surface area contributed by atoms with Gasteiger partial charge in [0, 0.05) is 55.6 Å². The zero-order valence-corrected chi connectivity index (χ0v) is 21.7. The summed E-state index contributed by atoms with van der Waals surface area (Å²) in [5.74, 6) is 0. The number of anilines is 1. The van der Waals surface area contributed by atoms with Gasteiger partial charge in [-0.3, -0.25) is 9.88 Å². The highest BCUT2D eigenvalue weighted by atomic mass is 19.4. The molecule has 0 aliphatic carbocycles. The maximum absolute atomic E-state index is 13.5. The topological polar surface area (TPSA) is 68.5 Å². The molecule has 204 valence electrons. The van der Waals surface area contributed by atoms with Gasteiger partial charge in [0.1, 0.15) is 5.69 Å². The first-order chi connectivity index (χ1) is 18.1. The summed E-state index contributed by atoms with van der Waals surface area (Å²) in [7, 11) is 0. The van der Waals surface area contributed by atoms with Crippen molar-refractivity contribution in [1.29, 1.82) is 0 Å². The van der Waals surface area contributed by atoms with Gasteiger partial charge < -0.3 is 14.4 Å². The van der Waals surface area contributed by atoms with E-state index in [-0.39, 0.29) is 11.0 Å². The first-order valence-corrected chi connectivity index (χ1v) is 12.8. The molecule has 2 saturated heterocycles. The number of aromatic nitrogens is 4. The van der Waals surface area contributed by atoms with Crippen LogP contribution in [-0.4, -0.2) is 76.7 Å². The van der Waals surface area contributed by atoms with E-state index in [1.165, 1.54) is 0 Å². The van der Waals surface area contributed by atoms with Gasteiger partial charge in [0.25, 0.3) is 0 Å². The van der Waals surface area contributed by atoms with Crippen LogP contribution in [0.25, 0.3) is 11.3 Å². The Kier molecular flexibility index (Phi) is 7.69. The zero-order valence-electron chi connectivity index (χ0n) is 21.7. The first kappa shape index (κ1) is 26.6. The molecule has 2 aliphatic heterocycles. The van der Waals surface area contributed by atoms with E-state index in [0.717, 1.165) is 44.1 Å². The minimum absolute atomic E-state index is 0.0516. The summed E-state index contributed by atoms with van der Waals surface area (Å²) >= 11 is 0. The van der Waals surface area contributed by atoms with Gasteiger partial charge in [-0.05, 0) is 29.8 Å². The van der Waals surface area contributed by atoms with E-state index >= 15 is 0 Å². The second kappa shape index (κ2) is 11.0. The molecule has 11 heteroatoms. The minimum atomic E-state index is -4.35. The second-order valence-corrected chi connectivity index (χ2v) is 10.8. The van der Waals surface area contributed by atoms with Gasteiger partial charge in [-0.15, -0.1) is 5.10 Å². The Labute approximate surface area is 220 Å². The predicted molar refractivity (Wildman–Crippen MR) is 136 cm³/mol. The maximum atomic E-state index is 13.5. The summed E-state index contributed by atoms with van der Waals surface area (Å²) in [5.41, 5.74) is 2.75. The smallest absolute Gasteiger partial charge is 0.369 e. The highest BCUT2D eigenvalue weighted by Crippen LogP contribution is 2.32. The molecule has 0 bridgehead atoms. The number of hydrogen-bond donors (Lipinski definition) is 0. The van der Waals surface area contributed by atoms with Gasteiger partial charge in [0.05, 0.1) is 38.1 Å². The maximum Gasteiger partial charge on any atom is 0.393 e. The van der Waals surface area contributed by atoms with Crippen LogP contribution in [0.15, 0.2) is 48.8 Å². The van der Waals surface area contributed by atoms with Crippen molar-refractivity contribution in [2.24, 2.45) is 5.41 Å².